The third-order valence-corrected chi connectivity index (χ3v) is 2.36. The Balaban J connectivity index is 2.42. The molecule has 0 aliphatic carbocycles. The van der Waals surface area contributed by atoms with Gasteiger partial charge in [-0.1, -0.05) is 6.07 Å². The second kappa shape index (κ2) is 4.37. The summed E-state index contributed by atoms with van der Waals surface area (Å²) in [4.78, 5) is 7.80. The number of aliphatic hydroxyl groups is 1. The van der Waals surface area contributed by atoms with Crippen LogP contribution in [0.1, 0.15) is 23.1 Å². The van der Waals surface area contributed by atoms with Gasteiger partial charge in [0.1, 0.15) is 6.10 Å². The Morgan fingerprint density at radius 1 is 1.19 bits per heavy atom. The molecule has 1 N–H and O–H groups in total. The fourth-order valence-corrected chi connectivity index (χ4v) is 1.48. The van der Waals surface area contributed by atoms with Crippen molar-refractivity contribution in [1.29, 1.82) is 0 Å². The number of halogens is 1. The van der Waals surface area contributed by atoms with Crippen LogP contribution in [0.25, 0.3) is 0 Å². The van der Waals surface area contributed by atoms with Crippen molar-refractivity contribution in [2.45, 2.75) is 13.0 Å². The molecule has 2 aromatic rings. The first-order chi connectivity index (χ1) is 7.70. The van der Waals surface area contributed by atoms with Crippen LogP contribution >= 0.6 is 0 Å². The Bertz CT molecular complexity index is 488. The van der Waals surface area contributed by atoms with E-state index in [9.17, 15) is 9.50 Å². The van der Waals surface area contributed by atoms with Crippen molar-refractivity contribution in [2.75, 3.05) is 0 Å². The van der Waals surface area contributed by atoms with E-state index >= 15 is 0 Å². The molecule has 0 radical (unpaired) electrons. The van der Waals surface area contributed by atoms with E-state index in [1.54, 1.807) is 31.3 Å². The number of aliphatic hydroxyl groups excluding tert-OH is 1. The molecule has 0 aliphatic heterocycles. The lowest BCUT2D eigenvalue weighted by molar-refractivity contribution is 0.209. The van der Waals surface area contributed by atoms with Crippen LogP contribution in [0.5, 0.6) is 0 Å². The highest BCUT2D eigenvalue weighted by molar-refractivity contribution is 5.27. The summed E-state index contributed by atoms with van der Waals surface area (Å²) < 4.78 is 13.7. The maximum absolute atomic E-state index is 13.7. The summed E-state index contributed by atoms with van der Waals surface area (Å²) >= 11 is 0. The average molecular weight is 218 g/mol. The van der Waals surface area contributed by atoms with E-state index in [0.29, 0.717) is 5.69 Å². The maximum atomic E-state index is 13.7. The second-order valence-corrected chi connectivity index (χ2v) is 3.46. The minimum Gasteiger partial charge on any atom is -0.382 e. The summed E-state index contributed by atoms with van der Waals surface area (Å²) in [5.74, 6) is -0.486. The highest BCUT2D eigenvalue weighted by atomic mass is 19.1. The third-order valence-electron chi connectivity index (χ3n) is 2.36. The van der Waals surface area contributed by atoms with Crippen LogP contribution in [0.4, 0.5) is 4.39 Å². The van der Waals surface area contributed by atoms with Crippen LogP contribution < -0.4 is 0 Å². The number of hydrogen-bond donors (Lipinski definition) is 1. The molecule has 2 aromatic heterocycles. The zero-order valence-corrected chi connectivity index (χ0v) is 8.76. The lowest BCUT2D eigenvalue weighted by atomic mass is 10.1. The average Bonchev–Trinajstić information content (AvgIpc) is 2.33. The molecule has 0 spiro atoms. The molecule has 2 heterocycles. The van der Waals surface area contributed by atoms with Gasteiger partial charge in [0.15, 0.2) is 5.82 Å². The van der Waals surface area contributed by atoms with E-state index < -0.39 is 11.9 Å². The molecule has 0 saturated carbocycles. The van der Waals surface area contributed by atoms with Crippen LogP contribution in [-0.4, -0.2) is 15.1 Å². The summed E-state index contributed by atoms with van der Waals surface area (Å²) in [6, 6.07) is 6.60. The summed E-state index contributed by atoms with van der Waals surface area (Å²) in [6.07, 6.45) is 1.98. The van der Waals surface area contributed by atoms with Crippen LogP contribution in [-0.2, 0) is 0 Å². The number of aromatic nitrogens is 2. The van der Waals surface area contributed by atoms with Crippen molar-refractivity contribution >= 4 is 0 Å². The monoisotopic (exact) mass is 218 g/mol. The summed E-state index contributed by atoms with van der Waals surface area (Å²) in [6.45, 7) is 1.56. The topological polar surface area (TPSA) is 46.0 Å². The minimum absolute atomic E-state index is 0.200. The van der Waals surface area contributed by atoms with Crippen LogP contribution in [0, 0.1) is 12.7 Å². The first-order valence-electron chi connectivity index (χ1n) is 4.90. The molecule has 3 nitrogen and oxygen atoms in total. The summed E-state index contributed by atoms with van der Waals surface area (Å²) in [7, 11) is 0. The Morgan fingerprint density at radius 3 is 2.69 bits per heavy atom. The van der Waals surface area contributed by atoms with Gasteiger partial charge in [-0.15, -0.1) is 0 Å². The molecule has 0 bridgehead atoms. The van der Waals surface area contributed by atoms with Crippen molar-refractivity contribution in [3.05, 3.63) is 59.4 Å². The van der Waals surface area contributed by atoms with Gasteiger partial charge in [0.2, 0.25) is 0 Å². The fraction of sp³-hybridized carbons (Fsp3) is 0.167. The molecule has 4 heteroatoms. The van der Waals surface area contributed by atoms with E-state index in [1.165, 1.54) is 12.3 Å². The zero-order valence-electron chi connectivity index (χ0n) is 8.76. The van der Waals surface area contributed by atoms with Gasteiger partial charge in [-0.05, 0) is 25.1 Å². The molecule has 0 amide bonds. The predicted molar refractivity (Wildman–Crippen MR) is 57.2 cm³/mol. The first kappa shape index (κ1) is 10.7. The smallest absolute Gasteiger partial charge is 0.150 e. The minimum atomic E-state index is -1.05. The van der Waals surface area contributed by atoms with Gasteiger partial charge < -0.3 is 5.11 Å². The Labute approximate surface area is 92.6 Å². The molecule has 1 atom stereocenters. The number of rotatable bonds is 2. The SMILES string of the molecule is Cc1nccc(C(O)c2ccccn2)c1F. The number of pyridine rings is 2. The van der Waals surface area contributed by atoms with E-state index in [0.717, 1.165) is 0 Å². The molecular weight excluding hydrogens is 207 g/mol. The van der Waals surface area contributed by atoms with Gasteiger partial charge >= 0.3 is 0 Å². The quantitative estimate of drug-likeness (QED) is 0.838. The van der Waals surface area contributed by atoms with Gasteiger partial charge in [0.05, 0.1) is 11.4 Å². The van der Waals surface area contributed by atoms with Gasteiger partial charge in [0, 0.05) is 18.0 Å². The number of aryl methyl sites for hydroxylation is 1. The molecule has 16 heavy (non-hydrogen) atoms. The standard InChI is InChI=1S/C12H11FN2O/c1-8-11(13)9(5-7-14-8)12(16)10-4-2-3-6-15-10/h2-7,12,16H,1H3. The lowest BCUT2D eigenvalue weighted by Gasteiger charge is -2.11. The van der Waals surface area contributed by atoms with Crippen molar-refractivity contribution in [1.82, 2.24) is 9.97 Å². The molecular formula is C12H11FN2O. The molecule has 0 aliphatic rings. The highest BCUT2D eigenvalue weighted by Crippen LogP contribution is 2.23. The Kier molecular flexibility index (Phi) is 2.92. The van der Waals surface area contributed by atoms with Crippen LogP contribution in [0.15, 0.2) is 36.7 Å². The summed E-state index contributed by atoms with van der Waals surface area (Å²) in [5.41, 5.74) is 0.894. The van der Waals surface area contributed by atoms with E-state index in [2.05, 4.69) is 9.97 Å². The third kappa shape index (κ3) is 1.92. The Hall–Kier alpha value is -1.81. The lowest BCUT2D eigenvalue weighted by Crippen LogP contribution is -2.06. The van der Waals surface area contributed by atoms with Crippen LogP contribution in [0.2, 0.25) is 0 Å². The van der Waals surface area contributed by atoms with Crippen molar-refractivity contribution in [3.8, 4) is 0 Å². The molecule has 0 aromatic carbocycles. The summed E-state index contributed by atoms with van der Waals surface area (Å²) in [5, 5.41) is 9.97. The van der Waals surface area contributed by atoms with Gasteiger partial charge in [0.25, 0.3) is 0 Å². The van der Waals surface area contributed by atoms with Crippen molar-refractivity contribution in [3.63, 3.8) is 0 Å². The molecule has 0 fully saturated rings. The molecule has 82 valence electrons. The highest BCUT2D eigenvalue weighted by Gasteiger charge is 2.17. The largest absolute Gasteiger partial charge is 0.382 e. The van der Waals surface area contributed by atoms with E-state index in [-0.39, 0.29) is 11.3 Å². The van der Waals surface area contributed by atoms with E-state index in [1.807, 2.05) is 0 Å². The van der Waals surface area contributed by atoms with Gasteiger partial charge in [-0.3, -0.25) is 9.97 Å². The maximum Gasteiger partial charge on any atom is 0.150 e. The van der Waals surface area contributed by atoms with Crippen molar-refractivity contribution < 1.29 is 9.50 Å². The first-order valence-corrected chi connectivity index (χ1v) is 4.90. The molecule has 2 rings (SSSR count). The normalized spacial score (nSPS) is 12.4. The Morgan fingerprint density at radius 2 is 2.00 bits per heavy atom. The molecule has 1 unspecified atom stereocenters. The zero-order chi connectivity index (χ0) is 11.5. The van der Waals surface area contributed by atoms with Gasteiger partial charge in [-0.2, -0.15) is 0 Å². The van der Waals surface area contributed by atoms with Gasteiger partial charge in [-0.25, -0.2) is 4.39 Å². The second-order valence-electron chi connectivity index (χ2n) is 3.46. The number of hydrogen-bond acceptors (Lipinski definition) is 3. The van der Waals surface area contributed by atoms with Crippen LogP contribution in [0.3, 0.4) is 0 Å². The van der Waals surface area contributed by atoms with E-state index in [4.69, 9.17) is 0 Å². The fourth-order valence-electron chi connectivity index (χ4n) is 1.48. The molecule has 0 saturated heterocycles. The number of nitrogens with zero attached hydrogens (tertiary/aromatic N) is 2. The predicted octanol–water partition coefficient (Wildman–Crippen LogP) is 2.01. The van der Waals surface area contributed by atoms with Crippen molar-refractivity contribution in [2.24, 2.45) is 0 Å².